The Bertz CT molecular complexity index is 624. The fraction of sp³-hybridized carbons (Fsp3) is 0.294. The first kappa shape index (κ1) is 13.9. The zero-order chi connectivity index (χ0) is 14.1. The van der Waals surface area contributed by atoms with Crippen molar-refractivity contribution in [3.63, 3.8) is 0 Å². The van der Waals surface area contributed by atoms with Gasteiger partial charge >= 0.3 is 0 Å². The first-order valence-electron chi connectivity index (χ1n) is 6.91. The second-order valence-electron chi connectivity index (χ2n) is 5.25. The number of hydrogen-bond acceptors (Lipinski definition) is 1. The van der Waals surface area contributed by atoms with E-state index in [0.717, 1.165) is 18.4 Å². The number of hydrogen-bond donors (Lipinski definition) is 1. The minimum Gasteiger partial charge on any atom is -0.312 e. The van der Waals surface area contributed by atoms with Crippen molar-refractivity contribution in [3.8, 4) is 0 Å². The topological polar surface area (TPSA) is 12.0 Å². The van der Waals surface area contributed by atoms with Gasteiger partial charge in [-0.15, -0.1) is 0 Å². The van der Waals surface area contributed by atoms with Gasteiger partial charge in [-0.3, -0.25) is 0 Å². The lowest BCUT2D eigenvalue weighted by atomic mass is 9.88. The molecule has 2 atom stereocenters. The van der Waals surface area contributed by atoms with Crippen molar-refractivity contribution in [2.45, 2.75) is 24.8 Å². The summed E-state index contributed by atoms with van der Waals surface area (Å²) in [6.07, 6.45) is 2.28. The highest BCUT2D eigenvalue weighted by Gasteiger charge is 2.31. The molecule has 0 saturated heterocycles. The number of rotatable bonds is 3. The summed E-state index contributed by atoms with van der Waals surface area (Å²) in [5.41, 5.74) is 3.97. The summed E-state index contributed by atoms with van der Waals surface area (Å²) in [6, 6.07) is 14.8. The van der Waals surface area contributed by atoms with E-state index in [4.69, 9.17) is 23.2 Å². The third-order valence-electron chi connectivity index (χ3n) is 4.21. The van der Waals surface area contributed by atoms with Crippen molar-refractivity contribution in [2.75, 3.05) is 7.05 Å². The van der Waals surface area contributed by atoms with Gasteiger partial charge in [-0.05, 0) is 42.6 Å². The molecule has 2 unspecified atom stereocenters. The van der Waals surface area contributed by atoms with Gasteiger partial charge in [-0.2, -0.15) is 0 Å². The lowest BCUT2D eigenvalue weighted by Gasteiger charge is -2.25. The molecule has 0 aromatic heterocycles. The van der Waals surface area contributed by atoms with Crippen molar-refractivity contribution in [1.29, 1.82) is 0 Å². The summed E-state index contributed by atoms with van der Waals surface area (Å²) in [4.78, 5) is 0. The molecule has 1 N–H and O–H groups in total. The highest BCUT2D eigenvalue weighted by molar-refractivity contribution is 6.42. The van der Waals surface area contributed by atoms with Crippen molar-refractivity contribution in [3.05, 3.63) is 69.2 Å². The smallest absolute Gasteiger partial charge is 0.0640 e. The van der Waals surface area contributed by atoms with Gasteiger partial charge in [0.15, 0.2) is 0 Å². The minimum atomic E-state index is 0.199. The van der Waals surface area contributed by atoms with Crippen LogP contribution in [0.4, 0.5) is 0 Å². The Hall–Kier alpha value is -1.02. The van der Waals surface area contributed by atoms with Gasteiger partial charge in [0.1, 0.15) is 0 Å². The van der Waals surface area contributed by atoms with Crippen LogP contribution in [0.15, 0.2) is 42.5 Å². The molecule has 104 valence electrons. The van der Waals surface area contributed by atoms with E-state index < -0.39 is 0 Å². The van der Waals surface area contributed by atoms with Crippen LogP contribution in [0, 0.1) is 0 Å². The normalized spacial score (nSPS) is 18.9. The summed E-state index contributed by atoms with van der Waals surface area (Å²) in [5, 5.41) is 4.71. The molecular weight excluding hydrogens is 289 g/mol. The van der Waals surface area contributed by atoms with E-state index in [0.29, 0.717) is 16.0 Å². The largest absolute Gasteiger partial charge is 0.312 e. The van der Waals surface area contributed by atoms with Crippen LogP contribution in [0.2, 0.25) is 10.0 Å². The summed E-state index contributed by atoms with van der Waals surface area (Å²) in [5.74, 6) is 0.451. The van der Waals surface area contributed by atoms with Gasteiger partial charge in [0.05, 0.1) is 10.0 Å². The SMILES string of the molecule is CNC(c1cccc(Cl)c1Cl)C1CCc2ccccc21. The van der Waals surface area contributed by atoms with Crippen LogP contribution >= 0.6 is 23.2 Å². The van der Waals surface area contributed by atoms with Gasteiger partial charge in [0, 0.05) is 12.0 Å². The van der Waals surface area contributed by atoms with E-state index in [9.17, 15) is 0 Å². The molecular formula is C17H17Cl2N. The fourth-order valence-electron chi connectivity index (χ4n) is 3.27. The average molecular weight is 306 g/mol. The van der Waals surface area contributed by atoms with Crippen LogP contribution in [-0.4, -0.2) is 7.05 Å². The molecule has 1 aliphatic rings. The summed E-state index contributed by atoms with van der Waals surface area (Å²) in [6.45, 7) is 0. The molecule has 20 heavy (non-hydrogen) atoms. The molecule has 0 radical (unpaired) electrons. The van der Waals surface area contributed by atoms with Crippen molar-refractivity contribution in [2.24, 2.45) is 0 Å². The van der Waals surface area contributed by atoms with Crippen LogP contribution in [0.1, 0.15) is 35.1 Å². The van der Waals surface area contributed by atoms with Crippen LogP contribution < -0.4 is 5.32 Å². The number of halogens is 2. The van der Waals surface area contributed by atoms with Gasteiger partial charge < -0.3 is 5.32 Å². The van der Waals surface area contributed by atoms with Crippen LogP contribution in [-0.2, 0) is 6.42 Å². The Labute approximate surface area is 129 Å². The van der Waals surface area contributed by atoms with Crippen LogP contribution in [0.3, 0.4) is 0 Å². The first-order chi connectivity index (χ1) is 9.72. The molecule has 2 aromatic rings. The molecule has 0 fully saturated rings. The molecule has 2 aromatic carbocycles. The number of aryl methyl sites for hydroxylation is 1. The van der Waals surface area contributed by atoms with E-state index >= 15 is 0 Å². The van der Waals surface area contributed by atoms with Gasteiger partial charge in [0.25, 0.3) is 0 Å². The highest BCUT2D eigenvalue weighted by atomic mass is 35.5. The standard InChI is InChI=1S/C17H17Cl2N/c1-20-17(14-7-4-8-15(18)16(14)19)13-10-9-11-5-2-3-6-12(11)13/h2-8,13,17,20H,9-10H2,1H3. The molecule has 1 nitrogen and oxygen atoms in total. The molecule has 0 spiro atoms. The van der Waals surface area contributed by atoms with Gasteiger partial charge in [-0.1, -0.05) is 59.6 Å². The van der Waals surface area contributed by atoms with Gasteiger partial charge in [-0.25, -0.2) is 0 Å². The zero-order valence-electron chi connectivity index (χ0n) is 11.4. The summed E-state index contributed by atoms with van der Waals surface area (Å²) >= 11 is 12.6. The highest BCUT2D eigenvalue weighted by Crippen LogP contribution is 2.44. The number of likely N-dealkylation sites (N-methyl/N-ethyl adjacent to an activating group) is 1. The maximum Gasteiger partial charge on any atom is 0.0640 e. The van der Waals surface area contributed by atoms with E-state index in [1.807, 2.05) is 19.2 Å². The van der Waals surface area contributed by atoms with E-state index in [-0.39, 0.29) is 6.04 Å². The average Bonchev–Trinajstić information content (AvgIpc) is 2.88. The molecule has 0 aliphatic heterocycles. The number of benzene rings is 2. The molecule has 0 heterocycles. The second kappa shape index (κ2) is 5.77. The van der Waals surface area contributed by atoms with E-state index in [1.54, 1.807) is 0 Å². The number of fused-ring (bicyclic) bond motifs is 1. The Morgan fingerprint density at radius 3 is 2.70 bits per heavy atom. The monoisotopic (exact) mass is 305 g/mol. The Morgan fingerprint density at radius 1 is 1.10 bits per heavy atom. The maximum absolute atomic E-state index is 6.40. The molecule has 1 aliphatic carbocycles. The lowest BCUT2D eigenvalue weighted by molar-refractivity contribution is 0.477. The molecule has 0 bridgehead atoms. The fourth-order valence-corrected chi connectivity index (χ4v) is 3.70. The zero-order valence-corrected chi connectivity index (χ0v) is 12.9. The van der Waals surface area contributed by atoms with Crippen molar-refractivity contribution in [1.82, 2.24) is 5.32 Å². The van der Waals surface area contributed by atoms with Crippen molar-refractivity contribution < 1.29 is 0 Å². The Balaban J connectivity index is 2.02. The molecule has 3 rings (SSSR count). The molecule has 3 heteroatoms. The quantitative estimate of drug-likeness (QED) is 0.843. The lowest BCUT2D eigenvalue weighted by Crippen LogP contribution is -2.23. The van der Waals surface area contributed by atoms with Crippen LogP contribution in [0.5, 0.6) is 0 Å². The van der Waals surface area contributed by atoms with Gasteiger partial charge in [0.2, 0.25) is 0 Å². The third-order valence-corrected chi connectivity index (χ3v) is 5.04. The predicted molar refractivity (Wildman–Crippen MR) is 85.8 cm³/mol. The summed E-state index contributed by atoms with van der Waals surface area (Å²) < 4.78 is 0. The van der Waals surface area contributed by atoms with E-state index in [1.165, 1.54) is 11.1 Å². The predicted octanol–water partition coefficient (Wildman–Crippen LogP) is 4.98. The Kier molecular flexibility index (Phi) is 4.02. The first-order valence-corrected chi connectivity index (χ1v) is 7.67. The third kappa shape index (κ3) is 2.35. The van der Waals surface area contributed by atoms with Crippen LogP contribution in [0.25, 0.3) is 0 Å². The molecule has 0 amide bonds. The van der Waals surface area contributed by atoms with E-state index in [2.05, 4.69) is 35.6 Å². The second-order valence-corrected chi connectivity index (χ2v) is 6.04. The minimum absolute atomic E-state index is 0.199. The summed E-state index contributed by atoms with van der Waals surface area (Å²) in [7, 11) is 1.99. The molecule has 0 saturated carbocycles. The number of nitrogens with one attached hydrogen (secondary N) is 1. The Morgan fingerprint density at radius 2 is 1.90 bits per heavy atom. The van der Waals surface area contributed by atoms with Crippen molar-refractivity contribution >= 4 is 23.2 Å². The maximum atomic E-state index is 6.40.